The lowest BCUT2D eigenvalue weighted by molar-refractivity contribution is -0.124. The Kier molecular flexibility index (Phi) is 5.42. The molecule has 0 radical (unpaired) electrons. The Morgan fingerprint density at radius 1 is 1.12 bits per heavy atom. The van der Waals surface area contributed by atoms with Gasteiger partial charge in [-0.3, -0.25) is 14.8 Å². The number of nitrogens with one attached hydrogen (secondary N) is 2. The van der Waals surface area contributed by atoms with Crippen molar-refractivity contribution >= 4 is 40.9 Å². The molecule has 2 aromatic rings. The molecule has 0 atom stereocenters. The second kappa shape index (κ2) is 7.92. The summed E-state index contributed by atoms with van der Waals surface area (Å²) in [6.07, 6.45) is 6.80. The molecule has 1 aliphatic rings. The average molecular weight is 354 g/mol. The van der Waals surface area contributed by atoms with Gasteiger partial charge in [-0.1, -0.05) is 24.3 Å². The number of carbonyl (C=O) groups is 2. The molecule has 5 nitrogen and oxygen atoms in total. The monoisotopic (exact) mass is 354 g/mol. The molecule has 1 aliphatic carbocycles. The van der Waals surface area contributed by atoms with Crippen LogP contribution in [0.1, 0.15) is 29.5 Å². The van der Waals surface area contributed by atoms with Gasteiger partial charge in [-0.05, 0) is 58.5 Å². The molecule has 128 valence electrons. The molecule has 1 heterocycles. The van der Waals surface area contributed by atoms with Gasteiger partial charge in [-0.15, -0.1) is 0 Å². The summed E-state index contributed by atoms with van der Waals surface area (Å²) in [7, 11) is 0. The van der Waals surface area contributed by atoms with Crippen molar-refractivity contribution in [2.24, 2.45) is 0 Å². The minimum absolute atomic E-state index is 0.0514. The van der Waals surface area contributed by atoms with Crippen LogP contribution in [0.5, 0.6) is 0 Å². The predicted molar refractivity (Wildman–Crippen MR) is 98.8 cm³/mol. The average Bonchev–Trinajstić information content (AvgIpc) is 3.28. The first-order valence-corrected chi connectivity index (χ1v) is 8.87. The third kappa shape index (κ3) is 4.89. The highest BCUT2D eigenvalue weighted by Gasteiger charge is 2.25. The lowest BCUT2D eigenvalue weighted by Crippen LogP contribution is -2.26. The topological polar surface area (TPSA) is 78.4 Å². The highest BCUT2D eigenvalue weighted by Crippen LogP contribution is 2.25. The van der Waals surface area contributed by atoms with E-state index in [1.165, 1.54) is 6.08 Å². The van der Waals surface area contributed by atoms with Crippen LogP contribution in [0.15, 0.2) is 47.2 Å². The van der Waals surface area contributed by atoms with E-state index in [1.807, 2.05) is 47.2 Å². The summed E-state index contributed by atoms with van der Waals surface area (Å²) >= 11 is 1.56. The molecule has 0 unspecified atom stereocenters. The summed E-state index contributed by atoms with van der Waals surface area (Å²) in [6, 6.07) is 9.70. The van der Waals surface area contributed by atoms with Gasteiger partial charge in [0.05, 0.1) is 0 Å². The number of rotatable bonds is 6. The third-order valence-electron chi connectivity index (χ3n) is 3.77. The van der Waals surface area contributed by atoms with Crippen molar-refractivity contribution in [3.8, 4) is 0 Å². The standard InChI is InChI=1S/C19H18N2O3S/c22-18(21-24)8-5-13-1-3-14(4-2-13)11-17(15-9-10-25-12-15)19(23)20-16-6-7-16/h1-5,8-12,16,24H,6-7H2,(H,20,23)(H,21,22)/b8-5+,17-11+. The van der Waals surface area contributed by atoms with Crippen molar-refractivity contribution in [1.29, 1.82) is 0 Å². The van der Waals surface area contributed by atoms with E-state index in [2.05, 4.69) is 5.32 Å². The van der Waals surface area contributed by atoms with E-state index in [4.69, 9.17) is 5.21 Å². The van der Waals surface area contributed by atoms with Crippen LogP contribution in [0.2, 0.25) is 0 Å². The molecule has 1 saturated carbocycles. The lowest BCUT2D eigenvalue weighted by Gasteiger charge is -2.07. The van der Waals surface area contributed by atoms with Crippen LogP contribution in [-0.4, -0.2) is 23.1 Å². The van der Waals surface area contributed by atoms with Gasteiger partial charge >= 0.3 is 0 Å². The van der Waals surface area contributed by atoms with Crippen LogP contribution in [-0.2, 0) is 9.59 Å². The highest BCUT2D eigenvalue weighted by molar-refractivity contribution is 7.08. The summed E-state index contributed by atoms with van der Waals surface area (Å²) in [5.74, 6) is -0.634. The van der Waals surface area contributed by atoms with Crippen LogP contribution >= 0.6 is 11.3 Å². The first kappa shape index (κ1) is 17.1. The maximum absolute atomic E-state index is 12.5. The molecule has 0 spiro atoms. The Balaban J connectivity index is 1.80. The Labute approximate surface area is 149 Å². The zero-order valence-corrected chi connectivity index (χ0v) is 14.3. The molecule has 0 saturated heterocycles. The van der Waals surface area contributed by atoms with Crippen molar-refractivity contribution in [2.45, 2.75) is 18.9 Å². The fourth-order valence-electron chi connectivity index (χ4n) is 2.27. The first-order chi connectivity index (χ1) is 12.2. The number of hydroxylamine groups is 1. The Morgan fingerprint density at radius 2 is 1.84 bits per heavy atom. The smallest absolute Gasteiger partial charge is 0.267 e. The number of amides is 2. The van der Waals surface area contributed by atoms with Crippen LogP contribution in [0.25, 0.3) is 17.7 Å². The van der Waals surface area contributed by atoms with Gasteiger partial charge in [0.15, 0.2) is 0 Å². The normalized spacial score (nSPS) is 14.5. The molecule has 3 N–H and O–H groups in total. The van der Waals surface area contributed by atoms with Crippen molar-refractivity contribution in [3.05, 3.63) is 63.9 Å². The zero-order chi connectivity index (χ0) is 17.6. The van der Waals surface area contributed by atoms with Crippen LogP contribution in [0.4, 0.5) is 0 Å². The van der Waals surface area contributed by atoms with E-state index >= 15 is 0 Å². The van der Waals surface area contributed by atoms with Crippen LogP contribution in [0, 0.1) is 0 Å². The number of hydrogen-bond donors (Lipinski definition) is 3. The summed E-state index contributed by atoms with van der Waals surface area (Å²) in [4.78, 5) is 23.5. The van der Waals surface area contributed by atoms with Gasteiger partial charge in [0.2, 0.25) is 0 Å². The summed E-state index contributed by atoms with van der Waals surface area (Å²) in [6.45, 7) is 0. The third-order valence-corrected chi connectivity index (χ3v) is 4.46. The largest absolute Gasteiger partial charge is 0.349 e. The van der Waals surface area contributed by atoms with Gasteiger partial charge in [-0.25, -0.2) is 5.48 Å². The van der Waals surface area contributed by atoms with E-state index in [9.17, 15) is 9.59 Å². The van der Waals surface area contributed by atoms with Crippen LogP contribution in [0.3, 0.4) is 0 Å². The second-order valence-corrected chi connectivity index (χ2v) is 6.57. The fraction of sp³-hybridized carbons (Fsp3) is 0.158. The van der Waals surface area contributed by atoms with Crippen molar-refractivity contribution < 1.29 is 14.8 Å². The number of benzene rings is 1. The van der Waals surface area contributed by atoms with E-state index in [0.717, 1.165) is 29.5 Å². The molecule has 0 bridgehead atoms. The number of thiophene rings is 1. The highest BCUT2D eigenvalue weighted by atomic mass is 32.1. The number of hydrogen-bond acceptors (Lipinski definition) is 4. The van der Waals surface area contributed by atoms with Gasteiger partial charge in [0.25, 0.3) is 11.8 Å². The predicted octanol–water partition coefficient (Wildman–Crippen LogP) is 3.09. The molecular formula is C19H18N2O3S. The van der Waals surface area contributed by atoms with Gasteiger partial charge in [-0.2, -0.15) is 11.3 Å². The lowest BCUT2D eigenvalue weighted by atomic mass is 10.0. The maximum atomic E-state index is 12.5. The second-order valence-electron chi connectivity index (χ2n) is 5.79. The summed E-state index contributed by atoms with van der Waals surface area (Å²) in [5, 5.41) is 15.4. The fourth-order valence-corrected chi connectivity index (χ4v) is 2.92. The Bertz CT molecular complexity index is 804. The van der Waals surface area contributed by atoms with E-state index in [1.54, 1.807) is 22.9 Å². The maximum Gasteiger partial charge on any atom is 0.267 e. The molecule has 1 fully saturated rings. The van der Waals surface area contributed by atoms with Crippen molar-refractivity contribution in [2.75, 3.05) is 0 Å². The molecule has 2 amide bonds. The molecule has 3 rings (SSSR count). The van der Waals surface area contributed by atoms with Crippen molar-refractivity contribution in [3.63, 3.8) is 0 Å². The molecular weight excluding hydrogens is 336 g/mol. The first-order valence-electron chi connectivity index (χ1n) is 7.93. The minimum Gasteiger partial charge on any atom is -0.349 e. The zero-order valence-electron chi connectivity index (χ0n) is 13.4. The summed E-state index contributed by atoms with van der Waals surface area (Å²) in [5.41, 5.74) is 4.82. The van der Waals surface area contributed by atoms with E-state index in [0.29, 0.717) is 11.6 Å². The van der Waals surface area contributed by atoms with E-state index in [-0.39, 0.29) is 5.91 Å². The molecule has 1 aromatic carbocycles. The Hall–Kier alpha value is -2.70. The molecule has 25 heavy (non-hydrogen) atoms. The Morgan fingerprint density at radius 3 is 2.44 bits per heavy atom. The number of carbonyl (C=O) groups excluding carboxylic acids is 2. The van der Waals surface area contributed by atoms with Crippen LogP contribution < -0.4 is 10.8 Å². The quantitative estimate of drug-likeness (QED) is 0.424. The van der Waals surface area contributed by atoms with Gasteiger partial charge in [0.1, 0.15) is 0 Å². The molecule has 0 aliphatic heterocycles. The SMILES string of the molecule is O=C(/C=C/c1ccc(/C=C(/C(=O)NC2CC2)c2ccsc2)cc1)NO. The molecule has 6 heteroatoms. The van der Waals surface area contributed by atoms with Gasteiger partial charge in [0, 0.05) is 17.7 Å². The van der Waals surface area contributed by atoms with Crippen molar-refractivity contribution in [1.82, 2.24) is 10.8 Å². The summed E-state index contributed by atoms with van der Waals surface area (Å²) < 4.78 is 0. The molecule has 1 aromatic heterocycles. The van der Waals surface area contributed by atoms with E-state index < -0.39 is 5.91 Å². The minimum atomic E-state index is -0.583. The van der Waals surface area contributed by atoms with Gasteiger partial charge < -0.3 is 5.32 Å².